The number of H-pyrrole nitrogens is 1. The van der Waals surface area contributed by atoms with Gasteiger partial charge in [-0.2, -0.15) is 0 Å². The number of hydrogen-bond donors (Lipinski definition) is 2. The molecule has 5 nitrogen and oxygen atoms in total. The molecule has 1 atom stereocenters. The minimum absolute atomic E-state index is 0.0243. The number of carbonyl (C=O) groups excluding carboxylic acids is 2. The second kappa shape index (κ2) is 9.35. The topological polar surface area (TPSA) is 65.2 Å². The van der Waals surface area contributed by atoms with Gasteiger partial charge in [0.25, 0.3) is 5.91 Å². The number of halogens is 1. The molecule has 1 fully saturated rings. The van der Waals surface area contributed by atoms with E-state index in [1.54, 1.807) is 0 Å². The lowest BCUT2D eigenvalue weighted by Crippen LogP contribution is -2.40. The monoisotopic (exact) mass is 423 g/mol. The first-order chi connectivity index (χ1) is 14.6. The third-order valence-electron chi connectivity index (χ3n) is 5.82. The Balaban J connectivity index is 1.27. The lowest BCUT2D eigenvalue weighted by molar-refractivity contribution is -0.121. The first kappa shape index (κ1) is 20.5. The van der Waals surface area contributed by atoms with Gasteiger partial charge in [0, 0.05) is 53.7 Å². The molecule has 1 aliphatic rings. The first-order valence-electron chi connectivity index (χ1n) is 10.5. The highest BCUT2D eigenvalue weighted by atomic mass is 35.5. The van der Waals surface area contributed by atoms with Crippen LogP contribution in [0.2, 0.25) is 5.02 Å². The Hall–Kier alpha value is -2.79. The number of aromatic amines is 1. The molecular formula is C24H26ClN3O2. The van der Waals surface area contributed by atoms with Crippen LogP contribution in [-0.2, 0) is 11.3 Å². The van der Waals surface area contributed by atoms with E-state index in [2.05, 4.69) is 10.3 Å². The molecule has 2 heterocycles. The Morgan fingerprint density at radius 1 is 1.17 bits per heavy atom. The normalized spacial score (nSPS) is 16.6. The highest BCUT2D eigenvalue weighted by Crippen LogP contribution is 2.24. The van der Waals surface area contributed by atoms with Crippen LogP contribution in [0, 0.1) is 5.92 Å². The largest absolute Gasteiger partial charge is 0.361 e. The number of amides is 2. The maximum Gasteiger partial charge on any atom is 0.253 e. The number of piperidine rings is 1. The molecule has 2 N–H and O–H groups in total. The molecule has 1 saturated heterocycles. The average molecular weight is 424 g/mol. The van der Waals surface area contributed by atoms with Gasteiger partial charge >= 0.3 is 0 Å². The van der Waals surface area contributed by atoms with Crippen LogP contribution in [0.3, 0.4) is 0 Å². The highest BCUT2D eigenvalue weighted by molar-refractivity contribution is 6.31. The Morgan fingerprint density at radius 3 is 2.90 bits per heavy atom. The number of benzene rings is 2. The van der Waals surface area contributed by atoms with Crippen molar-refractivity contribution in [3.63, 3.8) is 0 Å². The van der Waals surface area contributed by atoms with Gasteiger partial charge in [0.05, 0.1) is 0 Å². The molecule has 1 unspecified atom stereocenters. The molecule has 0 radical (unpaired) electrons. The predicted molar refractivity (Wildman–Crippen MR) is 119 cm³/mol. The fraction of sp³-hybridized carbons (Fsp3) is 0.333. The number of hydrogen-bond acceptors (Lipinski definition) is 2. The summed E-state index contributed by atoms with van der Waals surface area (Å²) in [6.07, 6.45) is 5.16. The van der Waals surface area contributed by atoms with E-state index < -0.39 is 0 Å². The summed E-state index contributed by atoms with van der Waals surface area (Å²) in [5.41, 5.74) is 2.67. The summed E-state index contributed by atoms with van der Waals surface area (Å²) in [6, 6.07) is 15.3. The van der Waals surface area contributed by atoms with Crippen LogP contribution in [0.5, 0.6) is 0 Å². The average Bonchev–Trinajstić information content (AvgIpc) is 3.25. The quantitative estimate of drug-likeness (QED) is 0.599. The Labute approximate surface area is 181 Å². The van der Waals surface area contributed by atoms with Gasteiger partial charge in [-0.15, -0.1) is 0 Å². The molecule has 0 aliphatic carbocycles. The summed E-state index contributed by atoms with van der Waals surface area (Å²) in [5.74, 6) is 0.451. The number of nitrogens with one attached hydrogen (secondary N) is 2. The summed E-state index contributed by atoms with van der Waals surface area (Å²) >= 11 is 6.14. The minimum Gasteiger partial charge on any atom is -0.361 e. The fourth-order valence-electron chi connectivity index (χ4n) is 4.11. The van der Waals surface area contributed by atoms with E-state index in [1.165, 1.54) is 0 Å². The van der Waals surface area contributed by atoms with E-state index in [-0.39, 0.29) is 11.8 Å². The second-order valence-corrected chi connectivity index (χ2v) is 8.35. The third kappa shape index (κ3) is 4.85. The maximum absolute atomic E-state index is 13.0. The molecule has 156 valence electrons. The van der Waals surface area contributed by atoms with Crippen LogP contribution < -0.4 is 5.32 Å². The van der Waals surface area contributed by atoms with Crippen molar-refractivity contribution in [2.75, 3.05) is 13.1 Å². The van der Waals surface area contributed by atoms with Gasteiger partial charge in [-0.05, 0) is 61.1 Å². The summed E-state index contributed by atoms with van der Waals surface area (Å²) in [6.45, 7) is 1.93. The Bertz CT molecular complexity index is 1050. The number of nitrogens with zero attached hydrogens (tertiary/aromatic N) is 1. The van der Waals surface area contributed by atoms with Gasteiger partial charge in [-0.1, -0.05) is 29.8 Å². The molecule has 0 spiro atoms. The van der Waals surface area contributed by atoms with E-state index in [0.717, 1.165) is 47.8 Å². The minimum atomic E-state index is 0.0243. The van der Waals surface area contributed by atoms with Gasteiger partial charge in [-0.25, -0.2) is 0 Å². The molecule has 2 aromatic carbocycles. The van der Waals surface area contributed by atoms with Crippen LogP contribution in [-0.4, -0.2) is 34.8 Å². The Kier molecular flexibility index (Phi) is 6.38. The van der Waals surface area contributed by atoms with E-state index >= 15 is 0 Å². The van der Waals surface area contributed by atoms with E-state index in [1.807, 2.05) is 59.6 Å². The second-order valence-electron chi connectivity index (χ2n) is 7.95. The van der Waals surface area contributed by atoms with Gasteiger partial charge in [-0.3, -0.25) is 9.59 Å². The van der Waals surface area contributed by atoms with E-state index in [4.69, 9.17) is 11.6 Å². The van der Waals surface area contributed by atoms with Crippen LogP contribution >= 0.6 is 11.6 Å². The van der Waals surface area contributed by atoms with Crippen molar-refractivity contribution in [3.05, 3.63) is 70.9 Å². The van der Waals surface area contributed by atoms with Crippen LogP contribution in [0.1, 0.15) is 41.6 Å². The Morgan fingerprint density at radius 2 is 2.03 bits per heavy atom. The van der Waals surface area contributed by atoms with Crippen LogP contribution in [0.25, 0.3) is 10.9 Å². The molecule has 2 amide bonds. The van der Waals surface area contributed by atoms with Gasteiger partial charge in [0.2, 0.25) is 5.91 Å². The smallest absolute Gasteiger partial charge is 0.253 e. The predicted octanol–water partition coefficient (Wildman–Crippen LogP) is 4.77. The molecular weight excluding hydrogens is 398 g/mol. The van der Waals surface area contributed by atoms with Gasteiger partial charge < -0.3 is 15.2 Å². The van der Waals surface area contributed by atoms with Crippen molar-refractivity contribution < 1.29 is 9.59 Å². The number of likely N-dealkylation sites (tertiary alicyclic amines) is 1. The number of carbonyl (C=O) groups is 2. The van der Waals surface area contributed by atoms with Crippen LogP contribution in [0.15, 0.2) is 54.7 Å². The van der Waals surface area contributed by atoms with Crippen molar-refractivity contribution in [3.8, 4) is 0 Å². The number of fused-ring (bicyclic) bond motifs is 1. The van der Waals surface area contributed by atoms with E-state index in [9.17, 15) is 9.59 Å². The van der Waals surface area contributed by atoms with E-state index in [0.29, 0.717) is 30.5 Å². The first-order valence-corrected chi connectivity index (χ1v) is 10.8. The third-order valence-corrected chi connectivity index (χ3v) is 6.19. The molecule has 0 bridgehead atoms. The summed E-state index contributed by atoms with van der Waals surface area (Å²) in [7, 11) is 0. The molecule has 6 heteroatoms. The van der Waals surface area contributed by atoms with Crippen molar-refractivity contribution in [1.29, 1.82) is 0 Å². The van der Waals surface area contributed by atoms with Crippen LogP contribution in [0.4, 0.5) is 0 Å². The lowest BCUT2D eigenvalue weighted by atomic mass is 9.92. The zero-order valence-corrected chi connectivity index (χ0v) is 17.6. The number of rotatable bonds is 6. The summed E-state index contributed by atoms with van der Waals surface area (Å²) in [5, 5.41) is 4.66. The van der Waals surface area contributed by atoms with Crippen molar-refractivity contribution in [1.82, 2.24) is 15.2 Å². The highest BCUT2D eigenvalue weighted by Gasteiger charge is 2.25. The molecule has 3 aromatic rings. The zero-order chi connectivity index (χ0) is 20.9. The zero-order valence-electron chi connectivity index (χ0n) is 16.9. The summed E-state index contributed by atoms with van der Waals surface area (Å²) in [4.78, 5) is 30.3. The van der Waals surface area contributed by atoms with Crippen molar-refractivity contribution in [2.45, 2.75) is 32.2 Å². The maximum atomic E-state index is 13.0. The van der Waals surface area contributed by atoms with Crippen molar-refractivity contribution >= 4 is 34.3 Å². The van der Waals surface area contributed by atoms with Gasteiger partial charge in [0.15, 0.2) is 0 Å². The summed E-state index contributed by atoms with van der Waals surface area (Å²) < 4.78 is 0. The fourth-order valence-corrected chi connectivity index (χ4v) is 4.32. The molecule has 1 aliphatic heterocycles. The van der Waals surface area contributed by atoms with Gasteiger partial charge in [0.1, 0.15) is 0 Å². The molecule has 0 saturated carbocycles. The lowest BCUT2D eigenvalue weighted by Gasteiger charge is -2.33. The number of aromatic nitrogens is 1. The standard InChI is InChI=1S/C24H26ClN3O2/c25-21-6-2-1-5-20(21)15-27-23(29)10-7-17-4-3-13-28(16-17)24(30)19-8-9-22-18(14-19)11-12-26-22/h1-2,5-6,8-9,11-12,14,17,26H,3-4,7,10,13,15-16H2,(H,27,29). The molecule has 4 rings (SSSR count). The SMILES string of the molecule is O=C(CCC1CCCN(C(=O)c2ccc3[nH]ccc3c2)C1)NCc1ccccc1Cl. The molecule has 30 heavy (non-hydrogen) atoms. The molecule has 1 aromatic heterocycles. The van der Waals surface area contributed by atoms with Crippen molar-refractivity contribution in [2.24, 2.45) is 5.92 Å².